The summed E-state index contributed by atoms with van der Waals surface area (Å²) in [6, 6.07) is 61.5. The molecule has 0 saturated heterocycles. The summed E-state index contributed by atoms with van der Waals surface area (Å²) in [6.07, 6.45) is 1.99. The van der Waals surface area contributed by atoms with Crippen LogP contribution in [0.2, 0.25) is 0 Å². The normalized spacial score (nSPS) is 11.5. The molecule has 0 spiro atoms. The molecule has 0 atom stereocenters. The van der Waals surface area contributed by atoms with Gasteiger partial charge in [-0.15, -0.1) is 0 Å². The highest BCUT2D eigenvalue weighted by atomic mass is 15.0. The van der Waals surface area contributed by atoms with Gasteiger partial charge in [-0.3, -0.25) is 4.98 Å². The van der Waals surface area contributed by atoms with Crippen molar-refractivity contribution in [2.75, 3.05) is 0 Å². The molecule has 0 saturated carbocycles. The fraction of sp³-hybridized carbons (Fsp3) is 0. The number of rotatable bonds is 5. The van der Waals surface area contributed by atoms with Crippen LogP contribution in [-0.2, 0) is 0 Å². The number of hydrogen-bond acceptors (Lipinski definition) is 4. The zero-order valence-corrected chi connectivity index (χ0v) is 28.1. The second-order valence-electron chi connectivity index (χ2n) is 13.1. The lowest BCUT2D eigenvalue weighted by atomic mass is 9.92. The van der Waals surface area contributed by atoms with Crippen molar-refractivity contribution >= 4 is 43.2 Å². The Bertz CT molecular complexity index is 2940. The lowest BCUT2D eigenvalue weighted by Gasteiger charge is -2.13. The Balaban J connectivity index is 1.05. The first-order valence-corrected chi connectivity index (χ1v) is 17.5. The maximum absolute atomic E-state index is 5.03. The predicted molar refractivity (Wildman–Crippen MR) is 215 cm³/mol. The van der Waals surface area contributed by atoms with Crippen LogP contribution in [0.1, 0.15) is 0 Å². The average molecular weight is 663 g/mol. The summed E-state index contributed by atoms with van der Waals surface area (Å²) < 4.78 is 0. The molecule has 0 aliphatic rings. The minimum atomic E-state index is 0.632. The number of pyridine rings is 1. The van der Waals surface area contributed by atoms with Gasteiger partial charge >= 0.3 is 0 Å². The summed E-state index contributed by atoms with van der Waals surface area (Å²) in [6.45, 7) is 0. The van der Waals surface area contributed by atoms with Crippen LogP contribution in [0.15, 0.2) is 182 Å². The molecule has 242 valence electrons. The SMILES string of the molecule is c1ccc(-c2nc(-c3ccc(-c4ccc5ccccc5c4)cc3)nc(-c3ccc(-c4cc5cnc6ccccc6c5c5ccccc45)cc3)n2)cc1. The summed E-state index contributed by atoms with van der Waals surface area (Å²) in [7, 11) is 0. The first-order chi connectivity index (χ1) is 25.7. The highest BCUT2D eigenvalue weighted by molar-refractivity contribution is 6.22. The van der Waals surface area contributed by atoms with E-state index in [4.69, 9.17) is 19.9 Å². The molecule has 0 radical (unpaired) electrons. The van der Waals surface area contributed by atoms with Crippen molar-refractivity contribution in [1.82, 2.24) is 19.9 Å². The fourth-order valence-corrected chi connectivity index (χ4v) is 7.30. The van der Waals surface area contributed by atoms with Crippen LogP contribution in [0.3, 0.4) is 0 Å². The van der Waals surface area contributed by atoms with Gasteiger partial charge in [0.25, 0.3) is 0 Å². The van der Waals surface area contributed by atoms with Crippen molar-refractivity contribution in [3.05, 3.63) is 182 Å². The molecule has 4 nitrogen and oxygen atoms in total. The van der Waals surface area contributed by atoms with Gasteiger partial charge < -0.3 is 0 Å². The molecular formula is C48H30N4. The van der Waals surface area contributed by atoms with E-state index >= 15 is 0 Å². The molecule has 0 aliphatic carbocycles. The van der Waals surface area contributed by atoms with Crippen molar-refractivity contribution in [1.29, 1.82) is 0 Å². The van der Waals surface area contributed by atoms with Gasteiger partial charge in [0.1, 0.15) is 0 Å². The summed E-state index contributed by atoms with van der Waals surface area (Å²) in [4.78, 5) is 19.8. The topological polar surface area (TPSA) is 51.6 Å². The Morgan fingerprint density at radius 2 is 0.827 bits per heavy atom. The fourth-order valence-electron chi connectivity index (χ4n) is 7.30. The van der Waals surface area contributed by atoms with Gasteiger partial charge in [-0.1, -0.05) is 158 Å². The molecule has 0 N–H and O–H groups in total. The molecule has 52 heavy (non-hydrogen) atoms. The van der Waals surface area contributed by atoms with Crippen LogP contribution in [0.5, 0.6) is 0 Å². The zero-order chi connectivity index (χ0) is 34.4. The van der Waals surface area contributed by atoms with Gasteiger partial charge in [-0.2, -0.15) is 0 Å². The lowest BCUT2D eigenvalue weighted by Crippen LogP contribution is -2.00. The monoisotopic (exact) mass is 662 g/mol. The Morgan fingerprint density at radius 1 is 0.308 bits per heavy atom. The van der Waals surface area contributed by atoms with Crippen LogP contribution < -0.4 is 0 Å². The van der Waals surface area contributed by atoms with E-state index in [1.807, 2.05) is 42.6 Å². The number of hydrogen-bond donors (Lipinski definition) is 0. The van der Waals surface area contributed by atoms with E-state index in [2.05, 4.69) is 140 Å². The average Bonchev–Trinajstić information content (AvgIpc) is 3.23. The highest BCUT2D eigenvalue weighted by Crippen LogP contribution is 2.38. The van der Waals surface area contributed by atoms with Gasteiger partial charge in [0.15, 0.2) is 17.5 Å². The molecule has 0 fully saturated rings. The van der Waals surface area contributed by atoms with Crippen molar-refractivity contribution < 1.29 is 0 Å². The summed E-state index contributed by atoms with van der Waals surface area (Å²) in [5, 5.41) is 8.42. The maximum atomic E-state index is 5.03. The van der Waals surface area contributed by atoms with Crippen molar-refractivity contribution in [2.45, 2.75) is 0 Å². The Kier molecular flexibility index (Phi) is 7.10. The molecule has 4 heteroatoms. The molecule has 0 bridgehead atoms. The molecule has 0 aliphatic heterocycles. The number of para-hydroxylation sites is 1. The first kappa shape index (κ1) is 29.8. The molecule has 2 heterocycles. The van der Waals surface area contributed by atoms with Crippen molar-refractivity contribution in [3.8, 4) is 56.4 Å². The molecular weight excluding hydrogens is 633 g/mol. The molecule has 0 unspecified atom stereocenters. The van der Waals surface area contributed by atoms with Gasteiger partial charge in [-0.25, -0.2) is 15.0 Å². The van der Waals surface area contributed by atoms with Crippen LogP contribution in [0, 0.1) is 0 Å². The standard InChI is InChI=1S/C48H30N4/c1-2-11-34(12-3-1)46-50-47(35-23-18-32(19-24-35)38-27-20-31-10-4-5-13-37(31)28-38)52-48(51-46)36-25-21-33(22-26-36)43-29-39-30-49-44-17-9-8-16-42(44)45(39)41-15-7-6-14-40(41)43/h1-30H. The lowest BCUT2D eigenvalue weighted by molar-refractivity contribution is 1.07. The van der Waals surface area contributed by atoms with Gasteiger partial charge in [0, 0.05) is 39.0 Å². The molecule has 10 rings (SSSR count). The Morgan fingerprint density at radius 3 is 1.54 bits per heavy atom. The third-order valence-corrected chi connectivity index (χ3v) is 9.94. The van der Waals surface area contributed by atoms with Gasteiger partial charge in [0.2, 0.25) is 0 Å². The number of fused-ring (bicyclic) bond motifs is 6. The van der Waals surface area contributed by atoms with E-state index in [1.54, 1.807) is 0 Å². The van der Waals surface area contributed by atoms with E-state index in [9.17, 15) is 0 Å². The van der Waals surface area contributed by atoms with E-state index in [1.165, 1.54) is 43.4 Å². The van der Waals surface area contributed by atoms with Crippen LogP contribution >= 0.6 is 0 Å². The van der Waals surface area contributed by atoms with E-state index in [0.717, 1.165) is 38.7 Å². The third kappa shape index (κ3) is 5.26. The Labute approximate surface area is 300 Å². The summed E-state index contributed by atoms with van der Waals surface area (Å²) in [5.74, 6) is 1.91. The van der Waals surface area contributed by atoms with Crippen LogP contribution in [-0.4, -0.2) is 19.9 Å². The van der Waals surface area contributed by atoms with E-state index in [-0.39, 0.29) is 0 Å². The smallest absolute Gasteiger partial charge is 0.164 e. The summed E-state index contributed by atoms with van der Waals surface area (Å²) in [5.41, 5.74) is 8.42. The van der Waals surface area contributed by atoms with Crippen LogP contribution in [0.4, 0.5) is 0 Å². The number of nitrogens with zero attached hydrogens (tertiary/aromatic N) is 4. The highest BCUT2D eigenvalue weighted by Gasteiger charge is 2.15. The van der Waals surface area contributed by atoms with Gasteiger partial charge in [-0.05, 0) is 62.0 Å². The number of aromatic nitrogens is 4. The molecule has 2 aromatic heterocycles. The zero-order valence-electron chi connectivity index (χ0n) is 28.1. The Hall–Kier alpha value is -7.04. The minimum Gasteiger partial charge on any atom is -0.256 e. The molecule has 10 aromatic rings. The quantitative estimate of drug-likeness (QED) is 0.172. The maximum Gasteiger partial charge on any atom is 0.164 e. The minimum absolute atomic E-state index is 0.632. The van der Waals surface area contributed by atoms with Crippen LogP contribution in [0.25, 0.3) is 99.6 Å². The summed E-state index contributed by atoms with van der Waals surface area (Å²) >= 11 is 0. The second-order valence-corrected chi connectivity index (χ2v) is 13.1. The first-order valence-electron chi connectivity index (χ1n) is 17.5. The number of benzene rings is 8. The van der Waals surface area contributed by atoms with E-state index < -0.39 is 0 Å². The molecule has 8 aromatic carbocycles. The largest absolute Gasteiger partial charge is 0.256 e. The predicted octanol–water partition coefficient (Wildman–Crippen LogP) is 12.2. The van der Waals surface area contributed by atoms with Crippen molar-refractivity contribution in [2.24, 2.45) is 0 Å². The van der Waals surface area contributed by atoms with Crippen molar-refractivity contribution in [3.63, 3.8) is 0 Å². The third-order valence-electron chi connectivity index (χ3n) is 9.94. The second kappa shape index (κ2) is 12.4. The molecule has 0 amide bonds. The van der Waals surface area contributed by atoms with E-state index in [0.29, 0.717) is 17.5 Å². The van der Waals surface area contributed by atoms with Gasteiger partial charge in [0.05, 0.1) is 5.52 Å².